The van der Waals surface area contributed by atoms with E-state index in [1.54, 1.807) is 0 Å². The monoisotopic (exact) mass is 506 g/mol. The molecule has 0 saturated heterocycles. The first-order valence-electron chi connectivity index (χ1n) is 15.0. The van der Waals surface area contributed by atoms with Crippen LogP contribution in [0.5, 0.6) is 11.5 Å². The van der Waals surface area contributed by atoms with Crippen LogP contribution in [0.4, 0.5) is 0 Å². The minimum Gasteiger partial charge on any atom is -0.507 e. The van der Waals surface area contributed by atoms with E-state index < -0.39 is 0 Å². The molecule has 0 amide bonds. The Morgan fingerprint density at radius 2 is 1.14 bits per heavy atom. The van der Waals surface area contributed by atoms with Crippen molar-refractivity contribution in [2.75, 3.05) is 0 Å². The SMILES string of the molecule is CCCc1cc(C2(c3cc(CCC)c(O)c(CC(C)C)c3)CC(C)CC(C)(C)C2)cc(CC(C)C)c1O. The molecule has 206 valence electrons. The van der Waals surface area contributed by atoms with Crippen LogP contribution in [0.1, 0.15) is 128 Å². The van der Waals surface area contributed by atoms with Crippen molar-refractivity contribution in [1.29, 1.82) is 0 Å². The van der Waals surface area contributed by atoms with Gasteiger partial charge in [0.1, 0.15) is 11.5 Å². The molecule has 0 aliphatic heterocycles. The van der Waals surface area contributed by atoms with Gasteiger partial charge in [0, 0.05) is 5.41 Å². The van der Waals surface area contributed by atoms with Gasteiger partial charge in [-0.25, -0.2) is 0 Å². The molecule has 1 unspecified atom stereocenters. The molecule has 1 aliphatic carbocycles. The predicted octanol–water partition coefficient (Wildman–Crippen LogP) is 9.53. The van der Waals surface area contributed by atoms with Crippen molar-refractivity contribution in [3.63, 3.8) is 0 Å². The van der Waals surface area contributed by atoms with Crippen LogP contribution < -0.4 is 0 Å². The summed E-state index contributed by atoms with van der Waals surface area (Å²) in [7, 11) is 0. The van der Waals surface area contributed by atoms with E-state index in [9.17, 15) is 10.2 Å². The van der Waals surface area contributed by atoms with Gasteiger partial charge in [-0.15, -0.1) is 0 Å². The van der Waals surface area contributed by atoms with Gasteiger partial charge in [0.05, 0.1) is 0 Å². The van der Waals surface area contributed by atoms with E-state index in [2.05, 4.69) is 86.6 Å². The zero-order valence-electron chi connectivity index (χ0n) is 25.3. The standard InChI is InChI=1S/C35H54O2/c1-10-12-26-16-30(18-28(32(26)36)14-23(3)4)35(21-25(7)20-34(8,9)22-35)31-17-27(13-11-2)33(37)29(19-31)15-24(5)6/h16-19,23-25,36-37H,10-15,20-22H2,1-9H3. The molecule has 2 nitrogen and oxygen atoms in total. The smallest absolute Gasteiger partial charge is 0.121 e. The lowest BCUT2D eigenvalue weighted by Crippen LogP contribution is -2.41. The number of phenols is 2. The van der Waals surface area contributed by atoms with Crippen LogP contribution in [-0.4, -0.2) is 10.2 Å². The van der Waals surface area contributed by atoms with Gasteiger partial charge >= 0.3 is 0 Å². The first-order valence-corrected chi connectivity index (χ1v) is 15.0. The number of hydrogen-bond acceptors (Lipinski definition) is 2. The van der Waals surface area contributed by atoms with E-state index in [0.717, 1.165) is 73.6 Å². The summed E-state index contributed by atoms with van der Waals surface area (Å²) in [5.41, 5.74) is 7.20. The maximum atomic E-state index is 11.3. The number of aryl methyl sites for hydroxylation is 2. The van der Waals surface area contributed by atoms with Gasteiger partial charge in [-0.3, -0.25) is 0 Å². The Hall–Kier alpha value is -1.96. The van der Waals surface area contributed by atoms with Crippen molar-refractivity contribution in [2.45, 2.75) is 126 Å². The van der Waals surface area contributed by atoms with Crippen molar-refractivity contribution in [3.8, 4) is 11.5 Å². The largest absolute Gasteiger partial charge is 0.507 e. The molecule has 0 radical (unpaired) electrons. The molecule has 0 spiro atoms. The molecule has 2 heteroatoms. The maximum absolute atomic E-state index is 11.3. The Bertz CT molecular complexity index is 990. The highest BCUT2D eigenvalue weighted by Gasteiger charge is 2.46. The maximum Gasteiger partial charge on any atom is 0.121 e. The fourth-order valence-electron chi connectivity index (χ4n) is 7.36. The van der Waals surface area contributed by atoms with Crippen molar-refractivity contribution < 1.29 is 10.2 Å². The average Bonchev–Trinajstić information content (AvgIpc) is 2.77. The highest BCUT2D eigenvalue weighted by Crippen LogP contribution is 2.55. The van der Waals surface area contributed by atoms with Crippen LogP contribution in [0, 0.1) is 23.2 Å². The summed E-state index contributed by atoms with van der Waals surface area (Å²) in [4.78, 5) is 0. The molecule has 1 aliphatic rings. The molecule has 1 fully saturated rings. The quantitative estimate of drug-likeness (QED) is 0.337. The molecular formula is C35H54O2. The Morgan fingerprint density at radius 1 is 0.730 bits per heavy atom. The number of phenolic OH excluding ortho intramolecular Hbond substituents is 2. The summed E-state index contributed by atoms with van der Waals surface area (Å²) in [5, 5.41) is 22.5. The van der Waals surface area contributed by atoms with Crippen molar-refractivity contribution in [1.82, 2.24) is 0 Å². The summed E-state index contributed by atoms with van der Waals surface area (Å²) >= 11 is 0. The van der Waals surface area contributed by atoms with E-state index in [1.807, 2.05) is 0 Å². The van der Waals surface area contributed by atoms with Crippen LogP contribution in [0.3, 0.4) is 0 Å². The zero-order valence-corrected chi connectivity index (χ0v) is 25.3. The van der Waals surface area contributed by atoms with Crippen LogP contribution in [-0.2, 0) is 31.1 Å². The van der Waals surface area contributed by atoms with E-state index in [0.29, 0.717) is 29.3 Å². The van der Waals surface area contributed by atoms with Crippen LogP contribution >= 0.6 is 0 Å². The molecule has 2 aromatic carbocycles. The van der Waals surface area contributed by atoms with Gasteiger partial charge in [0.15, 0.2) is 0 Å². The highest BCUT2D eigenvalue weighted by molar-refractivity contribution is 5.54. The number of benzene rings is 2. The third kappa shape index (κ3) is 6.73. The van der Waals surface area contributed by atoms with Crippen LogP contribution in [0.15, 0.2) is 24.3 Å². The van der Waals surface area contributed by atoms with E-state index in [-0.39, 0.29) is 10.8 Å². The fourth-order valence-corrected chi connectivity index (χ4v) is 7.36. The Labute approximate surface area is 227 Å². The lowest BCUT2D eigenvalue weighted by molar-refractivity contribution is 0.126. The van der Waals surface area contributed by atoms with Gasteiger partial charge < -0.3 is 10.2 Å². The van der Waals surface area contributed by atoms with E-state index >= 15 is 0 Å². The predicted molar refractivity (Wildman–Crippen MR) is 159 cm³/mol. The number of hydrogen-bond donors (Lipinski definition) is 2. The van der Waals surface area contributed by atoms with Crippen LogP contribution in [0.25, 0.3) is 0 Å². The summed E-state index contributed by atoms with van der Waals surface area (Å²) in [6.07, 6.45) is 9.03. The molecule has 1 atom stereocenters. The third-order valence-corrected chi connectivity index (χ3v) is 8.31. The zero-order chi connectivity index (χ0) is 27.5. The first-order chi connectivity index (χ1) is 17.3. The molecule has 0 heterocycles. The molecule has 3 rings (SSSR count). The highest BCUT2D eigenvalue weighted by atomic mass is 16.3. The molecule has 2 aromatic rings. The molecule has 0 aromatic heterocycles. The van der Waals surface area contributed by atoms with Crippen molar-refractivity contribution in [2.24, 2.45) is 23.2 Å². The summed E-state index contributed by atoms with van der Waals surface area (Å²) in [5.74, 6) is 2.58. The second-order valence-corrected chi connectivity index (χ2v) is 13.9. The van der Waals surface area contributed by atoms with Gasteiger partial charge in [-0.2, -0.15) is 0 Å². The Kier molecular flexibility index (Phi) is 9.46. The fraction of sp³-hybridized carbons (Fsp3) is 0.657. The molecule has 1 saturated carbocycles. The number of rotatable bonds is 10. The molecule has 0 bridgehead atoms. The van der Waals surface area contributed by atoms with E-state index in [1.165, 1.54) is 17.5 Å². The Balaban J connectivity index is 2.37. The van der Waals surface area contributed by atoms with Crippen molar-refractivity contribution in [3.05, 3.63) is 57.6 Å². The Morgan fingerprint density at radius 3 is 1.49 bits per heavy atom. The van der Waals surface area contributed by atoms with Crippen molar-refractivity contribution >= 4 is 0 Å². The van der Waals surface area contributed by atoms with Gasteiger partial charge in [0.2, 0.25) is 0 Å². The lowest BCUT2D eigenvalue weighted by atomic mass is 9.55. The second kappa shape index (κ2) is 11.8. The summed E-state index contributed by atoms with van der Waals surface area (Å²) in [6, 6.07) is 9.37. The summed E-state index contributed by atoms with van der Waals surface area (Å²) in [6.45, 7) is 20.6. The van der Waals surface area contributed by atoms with E-state index in [4.69, 9.17) is 0 Å². The molecule has 37 heavy (non-hydrogen) atoms. The third-order valence-electron chi connectivity index (χ3n) is 8.31. The van der Waals surface area contributed by atoms with Gasteiger partial charge in [-0.1, -0.05) is 99.4 Å². The second-order valence-electron chi connectivity index (χ2n) is 13.9. The minimum atomic E-state index is -0.134. The summed E-state index contributed by atoms with van der Waals surface area (Å²) < 4.78 is 0. The minimum absolute atomic E-state index is 0.134. The molecule has 2 N–H and O–H groups in total. The lowest BCUT2D eigenvalue weighted by Gasteiger charge is -2.49. The average molecular weight is 507 g/mol. The van der Waals surface area contributed by atoms with Gasteiger partial charge in [0.25, 0.3) is 0 Å². The topological polar surface area (TPSA) is 40.5 Å². The number of aromatic hydroxyl groups is 2. The van der Waals surface area contributed by atoms with Crippen LogP contribution in [0.2, 0.25) is 0 Å². The first kappa shape index (κ1) is 29.6. The molecular weight excluding hydrogens is 452 g/mol. The normalized spacial score (nSPS) is 19.1. The van der Waals surface area contributed by atoms with Gasteiger partial charge in [-0.05, 0) is 101 Å².